The average molecular weight is 448 g/mol. The first kappa shape index (κ1) is 17.7. The zero-order valence-corrected chi connectivity index (χ0v) is 18.5. The second-order valence-corrected chi connectivity index (χ2v) is 9.25. The molecule has 3 heterocycles. The van der Waals surface area contributed by atoms with Crippen LogP contribution >= 0.6 is 0 Å². The Hall–Kier alpha value is -4.76. The molecular formula is C32H16O3. The summed E-state index contributed by atoms with van der Waals surface area (Å²) in [5.41, 5.74) is 5.32. The minimum atomic E-state index is 0.877. The van der Waals surface area contributed by atoms with Crippen LogP contribution < -0.4 is 0 Å². The molecule has 6 aromatic carbocycles. The fourth-order valence-electron chi connectivity index (χ4n) is 6.01. The molecule has 0 atom stereocenters. The molecule has 35 heavy (non-hydrogen) atoms. The van der Waals surface area contributed by atoms with Crippen molar-refractivity contribution in [3.05, 3.63) is 97.1 Å². The highest BCUT2D eigenvalue weighted by Crippen LogP contribution is 2.46. The predicted octanol–water partition coefficient (Wildman–Crippen LogP) is 9.69. The highest BCUT2D eigenvalue weighted by atomic mass is 16.3. The van der Waals surface area contributed by atoms with Crippen LogP contribution in [-0.4, -0.2) is 0 Å². The molecule has 0 aliphatic carbocycles. The summed E-state index contributed by atoms with van der Waals surface area (Å²) in [5.74, 6) is 0. The lowest BCUT2D eigenvalue weighted by Gasteiger charge is -2.05. The standard InChI is InChI=1S/C32H16O3/c1-3-7-21-19(5-1)29-23(33-21)13-9-17-11-15-25-31(27(17)29)32-26(35-25)16-12-18-10-14-24-30(28(18)32)20-6-2-4-8-22(20)34-24/h1-16H. The molecule has 0 spiro atoms. The van der Waals surface area contributed by atoms with E-state index in [1.54, 1.807) is 0 Å². The summed E-state index contributed by atoms with van der Waals surface area (Å²) in [6.45, 7) is 0. The maximum atomic E-state index is 6.48. The van der Waals surface area contributed by atoms with E-state index in [4.69, 9.17) is 13.3 Å². The van der Waals surface area contributed by atoms with Gasteiger partial charge in [0.2, 0.25) is 0 Å². The van der Waals surface area contributed by atoms with Crippen molar-refractivity contribution in [2.24, 2.45) is 0 Å². The van der Waals surface area contributed by atoms with Crippen molar-refractivity contribution in [3.8, 4) is 0 Å². The van der Waals surface area contributed by atoms with Crippen molar-refractivity contribution in [3.63, 3.8) is 0 Å². The van der Waals surface area contributed by atoms with Gasteiger partial charge in [0, 0.05) is 43.1 Å². The van der Waals surface area contributed by atoms with Gasteiger partial charge in [0.25, 0.3) is 0 Å². The Morgan fingerprint density at radius 3 is 1.11 bits per heavy atom. The Labute approximate surface area is 197 Å². The van der Waals surface area contributed by atoms with E-state index in [-0.39, 0.29) is 0 Å². The van der Waals surface area contributed by atoms with Crippen molar-refractivity contribution < 1.29 is 13.3 Å². The summed E-state index contributed by atoms with van der Waals surface area (Å²) in [4.78, 5) is 0. The Morgan fingerprint density at radius 2 is 0.657 bits per heavy atom. The van der Waals surface area contributed by atoms with E-state index in [9.17, 15) is 0 Å². The summed E-state index contributed by atoms with van der Waals surface area (Å²) < 4.78 is 19.0. The predicted molar refractivity (Wildman–Crippen MR) is 143 cm³/mol. The summed E-state index contributed by atoms with van der Waals surface area (Å²) in [7, 11) is 0. The molecule has 3 aromatic heterocycles. The number of hydrogen-bond donors (Lipinski definition) is 0. The minimum absolute atomic E-state index is 0.877. The molecule has 9 rings (SSSR count). The highest BCUT2D eigenvalue weighted by molar-refractivity contribution is 6.37. The Balaban J connectivity index is 1.65. The van der Waals surface area contributed by atoms with Crippen molar-refractivity contribution in [2.75, 3.05) is 0 Å². The van der Waals surface area contributed by atoms with Crippen molar-refractivity contribution in [1.82, 2.24) is 0 Å². The molecule has 0 fully saturated rings. The molecule has 0 unspecified atom stereocenters. The summed E-state index contributed by atoms with van der Waals surface area (Å²) in [6, 6.07) is 33.4. The lowest BCUT2D eigenvalue weighted by atomic mass is 9.94. The summed E-state index contributed by atoms with van der Waals surface area (Å²) in [5, 5.41) is 11.4. The largest absolute Gasteiger partial charge is 0.456 e. The molecule has 0 saturated carbocycles. The van der Waals surface area contributed by atoms with Crippen molar-refractivity contribution >= 4 is 87.4 Å². The molecule has 0 aliphatic rings. The summed E-state index contributed by atoms with van der Waals surface area (Å²) >= 11 is 0. The van der Waals surface area contributed by atoms with Crippen LogP contribution in [0.5, 0.6) is 0 Å². The van der Waals surface area contributed by atoms with Gasteiger partial charge in [-0.15, -0.1) is 0 Å². The average Bonchev–Trinajstić information content (AvgIpc) is 3.58. The monoisotopic (exact) mass is 448 g/mol. The van der Waals surface area contributed by atoms with Crippen LogP contribution in [-0.2, 0) is 0 Å². The number of para-hydroxylation sites is 2. The van der Waals surface area contributed by atoms with Gasteiger partial charge in [0.15, 0.2) is 0 Å². The first-order chi connectivity index (χ1) is 17.3. The Bertz CT molecular complexity index is 2150. The number of rotatable bonds is 0. The van der Waals surface area contributed by atoms with Crippen LogP contribution in [0.15, 0.2) is 110 Å². The van der Waals surface area contributed by atoms with Crippen LogP contribution in [0, 0.1) is 0 Å². The van der Waals surface area contributed by atoms with Crippen LogP contribution in [0.2, 0.25) is 0 Å². The van der Waals surface area contributed by atoms with Gasteiger partial charge in [-0.25, -0.2) is 0 Å². The van der Waals surface area contributed by atoms with Gasteiger partial charge in [-0.2, -0.15) is 0 Å². The first-order valence-electron chi connectivity index (χ1n) is 11.8. The van der Waals surface area contributed by atoms with E-state index in [2.05, 4.69) is 72.8 Å². The zero-order chi connectivity index (χ0) is 22.7. The van der Waals surface area contributed by atoms with Gasteiger partial charge < -0.3 is 13.3 Å². The number of furan rings is 3. The first-order valence-corrected chi connectivity index (χ1v) is 11.8. The minimum Gasteiger partial charge on any atom is -0.456 e. The third-order valence-corrected chi connectivity index (χ3v) is 7.44. The molecule has 9 aromatic rings. The van der Waals surface area contributed by atoms with Crippen LogP contribution in [0.25, 0.3) is 87.4 Å². The van der Waals surface area contributed by atoms with Gasteiger partial charge >= 0.3 is 0 Å². The fourth-order valence-corrected chi connectivity index (χ4v) is 6.01. The van der Waals surface area contributed by atoms with E-state index < -0.39 is 0 Å². The normalized spacial score (nSPS) is 12.6. The number of benzene rings is 6. The molecule has 3 nitrogen and oxygen atoms in total. The molecule has 3 heteroatoms. The Morgan fingerprint density at radius 1 is 0.286 bits per heavy atom. The second-order valence-electron chi connectivity index (χ2n) is 9.25. The third kappa shape index (κ3) is 2.12. The lowest BCUT2D eigenvalue weighted by molar-refractivity contribution is 0.669. The van der Waals surface area contributed by atoms with Crippen LogP contribution in [0.3, 0.4) is 0 Å². The topological polar surface area (TPSA) is 39.4 Å². The molecule has 0 aliphatic heterocycles. The smallest absolute Gasteiger partial charge is 0.136 e. The van der Waals surface area contributed by atoms with Crippen LogP contribution in [0.4, 0.5) is 0 Å². The van der Waals surface area contributed by atoms with Gasteiger partial charge in [-0.3, -0.25) is 0 Å². The molecule has 0 amide bonds. The molecule has 162 valence electrons. The molecular weight excluding hydrogens is 432 g/mol. The number of fused-ring (bicyclic) bond motifs is 15. The molecule has 0 N–H and O–H groups in total. The van der Waals surface area contributed by atoms with Gasteiger partial charge in [-0.05, 0) is 47.2 Å². The lowest BCUT2D eigenvalue weighted by Crippen LogP contribution is -1.80. The van der Waals surface area contributed by atoms with Crippen LogP contribution in [0.1, 0.15) is 0 Å². The molecule has 0 bridgehead atoms. The second kappa shape index (κ2) is 6.02. The maximum Gasteiger partial charge on any atom is 0.136 e. The van der Waals surface area contributed by atoms with Crippen molar-refractivity contribution in [2.45, 2.75) is 0 Å². The maximum absolute atomic E-state index is 6.48. The fraction of sp³-hybridized carbons (Fsp3) is 0. The van der Waals surface area contributed by atoms with E-state index in [0.717, 1.165) is 65.8 Å². The number of hydrogen-bond acceptors (Lipinski definition) is 3. The highest BCUT2D eigenvalue weighted by Gasteiger charge is 2.20. The zero-order valence-electron chi connectivity index (χ0n) is 18.5. The molecule has 0 radical (unpaired) electrons. The SMILES string of the molecule is c1ccc2c(c1)oc1ccc3ccc4oc5ccc6ccc7oc8ccccc8c7c6c5c4c3c12. The van der Waals surface area contributed by atoms with E-state index >= 15 is 0 Å². The van der Waals surface area contributed by atoms with Gasteiger partial charge in [0.1, 0.15) is 33.5 Å². The Kier molecular flexibility index (Phi) is 3.04. The van der Waals surface area contributed by atoms with Crippen molar-refractivity contribution in [1.29, 1.82) is 0 Å². The third-order valence-electron chi connectivity index (χ3n) is 7.44. The van der Waals surface area contributed by atoms with Gasteiger partial charge in [0.05, 0.1) is 0 Å². The molecule has 0 saturated heterocycles. The van der Waals surface area contributed by atoms with E-state index in [1.807, 2.05) is 24.3 Å². The van der Waals surface area contributed by atoms with E-state index in [0.29, 0.717) is 0 Å². The van der Waals surface area contributed by atoms with Gasteiger partial charge in [-0.1, -0.05) is 60.7 Å². The van der Waals surface area contributed by atoms with E-state index in [1.165, 1.54) is 21.5 Å². The quantitative estimate of drug-likeness (QED) is 0.232. The summed E-state index contributed by atoms with van der Waals surface area (Å²) in [6.07, 6.45) is 0.